The lowest BCUT2D eigenvalue weighted by molar-refractivity contribution is -0.137. The van der Waals surface area contributed by atoms with Gasteiger partial charge in [-0.15, -0.1) is 24.0 Å². The minimum Gasteiger partial charge on any atom is -0.357 e. The first kappa shape index (κ1) is 24.2. The Morgan fingerprint density at radius 1 is 1.29 bits per heavy atom. The molecule has 0 radical (unpaired) electrons. The van der Waals surface area contributed by atoms with E-state index in [4.69, 9.17) is 4.52 Å². The van der Waals surface area contributed by atoms with Crippen LogP contribution in [0.3, 0.4) is 0 Å². The van der Waals surface area contributed by atoms with Gasteiger partial charge in [-0.3, -0.25) is 0 Å². The van der Waals surface area contributed by atoms with Crippen molar-refractivity contribution in [3.05, 3.63) is 47.1 Å². The molecule has 1 unspecified atom stereocenters. The maximum Gasteiger partial charge on any atom is 0.416 e. The summed E-state index contributed by atoms with van der Waals surface area (Å²) in [5.41, 5.74) is 0.0425. The van der Waals surface area contributed by atoms with Gasteiger partial charge in [-0.2, -0.15) is 18.2 Å². The highest BCUT2D eigenvalue weighted by Crippen LogP contribution is 2.31. The highest BCUT2D eigenvalue weighted by molar-refractivity contribution is 14.0. The third kappa shape index (κ3) is 7.64. The largest absolute Gasteiger partial charge is 0.416 e. The van der Waals surface area contributed by atoms with E-state index in [-0.39, 0.29) is 36.4 Å². The number of halogens is 4. The van der Waals surface area contributed by atoms with Gasteiger partial charge >= 0.3 is 6.18 Å². The second kappa shape index (κ2) is 11.2. The highest BCUT2D eigenvalue weighted by Gasteiger charge is 2.30. The maximum absolute atomic E-state index is 12.8. The topological polar surface area (TPSA) is 75.3 Å². The molecule has 0 aliphatic carbocycles. The summed E-state index contributed by atoms with van der Waals surface area (Å²) in [6.07, 6.45) is -3.67. The van der Waals surface area contributed by atoms with Crippen LogP contribution >= 0.6 is 24.0 Å². The molecule has 1 heterocycles. The molecule has 6 nitrogen and oxygen atoms in total. The number of nitrogens with zero attached hydrogens (tertiary/aromatic N) is 3. The molecule has 2 rings (SSSR count). The number of aryl methyl sites for hydroxylation is 1. The zero-order valence-corrected chi connectivity index (χ0v) is 18.3. The maximum atomic E-state index is 12.8. The Balaban J connectivity index is 0.00000392. The van der Waals surface area contributed by atoms with Crippen LogP contribution in [0.25, 0.3) is 0 Å². The van der Waals surface area contributed by atoms with Crippen molar-refractivity contribution in [2.24, 2.45) is 4.99 Å². The summed E-state index contributed by atoms with van der Waals surface area (Å²) >= 11 is 0. The fourth-order valence-corrected chi connectivity index (χ4v) is 2.49. The van der Waals surface area contributed by atoms with Crippen LogP contribution < -0.4 is 10.6 Å². The van der Waals surface area contributed by atoms with Crippen molar-refractivity contribution < 1.29 is 17.7 Å². The van der Waals surface area contributed by atoms with Gasteiger partial charge in [0, 0.05) is 20.0 Å². The number of hydrogen-bond acceptors (Lipinski definition) is 4. The molecule has 2 N–H and O–H groups in total. The van der Waals surface area contributed by atoms with Crippen LogP contribution in [0.5, 0.6) is 0 Å². The number of alkyl halides is 3. The number of guanidine groups is 1. The molecule has 0 aliphatic rings. The fraction of sp³-hybridized carbons (Fsp3) is 0.500. The second-order valence-corrected chi connectivity index (χ2v) is 6.16. The second-order valence-electron chi connectivity index (χ2n) is 6.16. The van der Waals surface area contributed by atoms with Gasteiger partial charge in [-0.05, 0) is 30.9 Å². The molecular weight excluding hydrogens is 486 g/mol. The van der Waals surface area contributed by atoms with E-state index in [9.17, 15) is 13.2 Å². The SMILES string of the molecule is CCNC(=NCc1noc(C)n1)NCCC(C)c1cccc(C(F)(F)F)c1.I. The summed E-state index contributed by atoms with van der Waals surface area (Å²) in [7, 11) is 0. The van der Waals surface area contributed by atoms with Gasteiger partial charge in [-0.1, -0.05) is 30.3 Å². The molecule has 1 aromatic carbocycles. The van der Waals surface area contributed by atoms with Crippen LogP contribution in [0.15, 0.2) is 33.8 Å². The first-order chi connectivity index (χ1) is 12.8. The number of nitrogens with one attached hydrogen (secondary N) is 2. The van der Waals surface area contributed by atoms with Gasteiger partial charge in [-0.25, -0.2) is 4.99 Å². The minimum atomic E-state index is -4.33. The number of rotatable bonds is 7. The molecule has 2 aromatic rings. The van der Waals surface area contributed by atoms with Crippen molar-refractivity contribution in [1.29, 1.82) is 0 Å². The quantitative estimate of drug-likeness (QED) is 0.330. The van der Waals surface area contributed by atoms with Gasteiger partial charge < -0.3 is 15.2 Å². The van der Waals surface area contributed by atoms with Crippen molar-refractivity contribution in [3.63, 3.8) is 0 Å². The molecule has 28 heavy (non-hydrogen) atoms. The van der Waals surface area contributed by atoms with Crippen LogP contribution in [0.2, 0.25) is 0 Å². The zero-order chi connectivity index (χ0) is 19.9. The highest BCUT2D eigenvalue weighted by atomic mass is 127. The van der Waals surface area contributed by atoms with Gasteiger partial charge in [0.2, 0.25) is 5.89 Å². The van der Waals surface area contributed by atoms with Gasteiger partial charge in [0.15, 0.2) is 11.8 Å². The average molecular weight is 511 g/mol. The van der Waals surface area contributed by atoms with Crippen molar-refractivity contribution >= 4 is 29.9 Å². The van der Waals surface area contributed by atoms with E-state index in [2.05, 4.69) is 25.8 Å². The predicted molar refractivity (Wildman–Crippen MR) is 112 cm³/mol. The number of hydrogen-bond donors (Lipinski definition) is 2. The Morgan fingerprint density at radius 2 is 2.04 bits per heavy atom. The van der Waals surface area contributed by atoms with Gasteiger partial charge in [0.25, 0.3) is 0 Å². The van der Waals surface area contributed by atoms with Crippen LogP contribution in [0.4, 0.5) is 13.2 Å². The summed E-state index contributed by atoms with van der Waals surface area (Å²) in [5.74, 6) is 1.54. The van der Waals surface area contributed by atoms with Crippen LogP contribution in [-0.2, 0) is 12.7 Å². The smallest absolute Gasteiger partial charge is 0.357 e. The summed E-state index contributed by atoms with van der Waals surface area (Å²) < 4.78 is 43.4. The zero-order valence-electron chi connectivity index (χ0n) is 16.0. The van der Waals surface area contributed by atoms with Gasteiger partial charge in [0.05, 0.1) is 5.56 Å². The minimum absolute atomic E-state index is 0. The van der Waals surface area contributed by atoms with Crippen molar-refractivity contribution in [1.82, 2.24) is 20.8 Å². The molecule has 0 amide bonds. The molecular formula is C18H25F3IN5O. The lowest BCUT2D eigenvalue weighted by Crippen LogP contribution is -2.38. The molecule has 0 fully saturated rings. The first-order valence-electron chi connectivity index (χ1n) is 8.78. The molecule has 1 aromatic heterocycles. The number of aromatic nitrogens is 2. The lowest BCUT2D eigenvalue weighted by Gasteiger charge is -2.16. The van der Waals surface area contributed by atoms with Crippen molar-refractivity contribution in [2.75, 3.05) is 13.1 Å². The third-order valence-corrected chi connectivity index (χ3v) is 3.95. The van der Waals surface area contributed by atoms with E-state index < -0.39 is 11.7 Å². The molecule has 0 spiro atoms. The molecule has 1 atom stereocenters. The van der Waals surface area contributed by atoms with Crippen LogP contribution in [0, 0.1) is 6.92 Å². The Kier molecular flexibility index (Phi) is 9.70. The fourth-order valence-electron chi connectivity index (χ4n) is 2.49. The van der Waals surface area contributed by atoms with Crippen LogP contribution in [-0.4, -0.2) is 29.2 Å². The van der Waals surface area contributed by atoms with Gasteiger partial charge in [0.1, 0.15) is 6.54 Å². The third-order valence-electron chi connectivity index (χ3n) is 3.95. The average Bonchev–Trinajstić information content (AvgIpc) is 3.04. The Labute approximate surface area is 179 Å². The van der Waals surface area contributed by atoms with E-state index in [0.29, 0.717) is 42.7 Å². The van der Waals surface area contributed by atoms with Crippen molar-refractivity contribution in [3.8, 4) is 0 Å². The summed E-state index contributed by atoms with van der Waals surface area (Å²) in [6, 6.07) is 5.46. The van der Waals surface area contributed by atoms with E-state index in [1.807, 2.05) is 13.8 Å². The normalized spacial score (nSPS) is 13.0. The lowest BCUT2D eigenvalue weighted by atomic mass is 9.96. The number of aliphatic imine (C=N–C) groups is 1. The Morgan fingerprint density at radius 3 is 2.64 bits per heavy atom. The first-order valence-corrected chi connectivity index (χ1v) is 8.78. The molecule has 0 aliphatic heterocycles. The van der Waals surface area contributed by atoms with Crippen LogP contribution in [0.1, 0.15) is 49.0 Å². The Hall–Kier alpha value is -1.85. The van der Waals surface area contributed by atoms with Crippen molar-refractivity contribution in [2.45, 2.75) is 45.8 Å². The van der Waals surface area contributed by atoms with E-state index >= 15 is 0 Å². The van der Waals surface area contributed by atoms with E-state index in [1.54, 1.807) is 13.0 Å². The predicted octanol–water partition coefficient (Wildman–Crippen LogP) is 4.26. The summed E-state index contributed by atoms with van der Waals surface area (Å²) in [5, 5.41) is 10.1. The molecule has 0 saturated carbocycles. The number of benzene rings is 1. The van der Waals surface area contributed by atoms with E-state index in [1.165, 1.54) is 12.1 Å². The molecule has 156 valence electrons. The summed E-state index contributed by atoms with van der Waals surface area (Å²) in [6.45, 7) is 7.08. The Bertz CT molecular complexity index is 764. The van der Waals surface area contributed by atoms with E-state index in [0.717, 1.165) is 6.07 Å². The molecule has 10 heteroatoms. The molecule has 0 bridgehead atoms. The molecule has 0 saturated heterocycles. The monoisotopic (exact) mass is 511 g/mol. The standard InChI is InChI=1S/C18H24F3N5O.HI/c1-4-22-17(24-11-16-25-13(3)27-26-16)23-9-8-12(2)14-6-5-7-15(10-14)18(19,20)21;/h5-7,10,12H,4,8-9,11H2,1-3H3,(H2,22,23,24);1H. The summed E-state index contributed by atoms with van der Waals surface area (Å²) in [4.78, 5) is 8.46.